The number of methoxy groups -OCH3 is 1. The van der Waals surface area contributed by atoms with Crippen LogP contribution in [0.15, 0.2) is 52.9 Å². The molecule has 0 radical (unpaired) electrons. The Balaban J connectivity index is 1.63. The second-order valence-corrected chi connectivity index (χ2v) is 7.61. The van der Waals surface area contributed by atoms with Crippen LogP contribution in [0.1, 0.15) is 23.7 Å². The van der Waals surface area contributed by atoms with E-state index in [2.05, 4.69) is 15.5 Å². The summed E-state index contributed by atoms with van der Waals surface area (Å²) in [4.78, 5) is 15.9. The van der Waals surface area contributed by atoms with Gasteiger partial charge in [-0.25, -0.2) is 4.98 Å². The van der Waals surface area contributed by atoms with E-state index in [4.69, 9.17) is 25.8 Å². The number of halogens is 1. The van der Waals surface area contributed by atoms with Gasteiger partial charge < -0.3 is 14.2 Å². The van der Waals surface area contributed by atoms with Crippen LogP contribution in [0, 0.1) is 0 Å². The van der Waals surface area contributed by atoms with Crippen LogP contribution >= 0.6 is 22.9 Å². The molecule has 0 amide bonds. The van der Waals surface area contributed by atoms with Gasteiger partial charge in [-0.1, -0.05) is 23.7 Å². The maximum absolute atomic E-state index is 11.5. The number of hydrazone groups is 1. The van der Waals surface area contributed by atoms with Gasteiger partial charge in [0.25, 0.3) is 0 Å². The molecule has 0 aliphatic rings. The Morgan fingerprint density at radius 3 is 2.97 bits per heavy atom. The molecule has 0 atom stereocenters. The molecule has 3 rings (SSSR count). The average Bonchev–Trinajstić information content (AvgIpc) is 3.20. The fourth-order valence-corrected chi connectivity index (χ4v) is 3.47. The summed E-state index contributed by atoms with van der Waals surface area (Å²) in [6, 6.07) is 13.0. The molecule has 1 heterocycles. The Bertz CT molecular complexity index is 1050. The number of rotatable bonds is 10. The molecule has 9 heteroatoms. The van der Waals surface area contributed by atoms with Crippen LogP contribution in [0.4, 0.5) is 5.13 Å². The molecular weight excluding hydrogens is 438 g/mol. The van der Waals surface area contributed by atoms with E-state index in [-0.39, 0.29) is 12.4 Å². The summed E-state index contributed by atoms with van der Waals surface area (Å²) in [6.45, 7) is 2.49. The van der Waals surface area contributed by atoms with Gasteiger partial charge in [0, 0.05) is 16.0 Å². The molecule has 162 valence electrons. The third-order valence-corrected chi connectivity index (χ3v) is 5.08. The van der Waals surface area contributed by atoms with E-state index < -0.39 is 0 Å². The van der Waals surface area contributed by atoms with E-state index in [1.54, 1.807) is 43.8 Å². The molecule has 31 heavy (non-hydrogen) atoms. The quantitative estimate of drug-likeness (QED) is 0.263. The van der Waals surface area contributed by atoms with E-state index in [9.17, 15) is 4.79 Å². The first kappa shape index (κ1) is 22.6. The van der Waals surface area contributed by atoms with Crippen molar-refractivity contribution in [3.63, 3.8) is 0 Å². The maximum atomic E-state index is 11.5. The number of nitrogens with zero attached hydrogens (tertiary/aromatic N) is 2. The van der Waals surface area contributed by atoms with Crippen LogP contribution < -0.4 is 14.9 Å². The second kappa shape index (κ2) is 11.3. The zero-order chi connectivity index (χ0) is 22.1. The predicted octanol–water partition coefficient (Wildman–Crippen LogP) is 4.94. The van der Waals surface area contributed by atoms with Crippen LogP contribution in [0.2, 0.25) is 5.02 Å². The lowest BCUT2D eigenvalue weighted by molar-refractivity contribution is -0.142. The van der Waals surface area contributed by atoms with Gasteiger partial charge in [0.05, 0.1) is 32.0 Å². The van der Waals surface area contributed by atoms with Gasteiger partial charge in [-0.15, -0.1) is 11.3 Å². The lowest BCUT2D eigenvalue weighted by Gasteiger charge is -2.10. The van der Waals surface area contributed by atoms with Crippen LogP contribution in [-0.2, 0) is 22.6 Å². The summed E-state index contributed by atoms with van der Waals surface area (Å²) in [5.41, 5.74) is 5.19. The number of aromatic nitrogens is 1. The van der Waals surface area contributed by atoms with Gasteiger partial charge in [-0.05, 0) is 42.8 Å². The summed E-state index contributed by atoms with van der Waals surface area (Å²) >= 11 is 7.49. The van der Waals surface area contributed by atoms with Gasteiger partial charge >= 0.3 is 5.97 Å². The van der Waals surface area contributed by atoms with Gasteiger partial charge in [-0.3, -0.25) is 10.2 Å². The molecule has 0 unspecified atom stereocenters. The molecule has 0 bridgehead atoms. The van der Waals surface area contributed by atoms with Crippen molar-refractivity contribution in [2.75, 3.05) is 19.1 Å². The van der Waals surface area contributed by atoms with E-state index in [0.29, 0.717) is 40.4 Å². The lowest BCUT2D eigenvalue weighted by Crippen LogP contribution is -2.07. The molecule has 2 aromatic carbocycles. The van der Waals surface area contributed by atoms with Crippen LogP contribution in [-0.4, -0.2) is 30.9 Å². The smallest absolute Gasteiger partial charge is 0.311 e. The first-order valence-electron chi connectivity index (χ1n) is 9.51. The molecule has 0 saturated carbocycles. The fourth-order valence-electron chi connectivity index (χ4n) is 2.63. The van der Waals surface area contributed by atoms with E-state index in [1.807, 2.05) is 24.3 Å². The highest BCUT2D eigenvalue weighted by atomic mass is 35.5. The van der Waals surface area contributed by atoms with Gasteiger partial charge in [0.15, 0.2) is 0 Å². The van der Waals surface area contributed by atoms with Crippen molar-refractivity contribution in [2.45, 2.75) is 20.0 Å². The monoisotopic (exact) mass is 459 g/mol. The third-order valence-electron chi connectivity index (χ3n) is 4.05. The molecule has 0 aliphatic carbocycles. The molecule has 0 saturated heterocycles. The van der Waals surface area contributed by atoms with Crippen molar-refractivity contribution < 1.29 is 19.0 Å². The van der Waals surface area contributed by atoms with Crippen molar-refractivity contribution in [1.29, 1.82) is 0 Å². The van der Waals surface area contributed by atoms with Crippen LogP contribution in [0.5, 0.6) is 11.5 Å². The van der Waals surface area contributed by atoms with Gasteiger partial charge in [-0.2, -0.15) is 5.10 Å². The topological polar surface area (TPSA) is 82.0 Å². The van der Waals surface area contributed by atoms with Crippen molar-refractivity contribution in [3.05, 3.63) is 69.7 Å². The predicted molar refractivity (Wildman–Crippen MR) is 122 cm³/mol. The number of hydrogen-bond acceptors (Lipinski definition) is 8. The maximum Gasteiger partial charge on any atom is 0.311 e. The number of carbonyl (C=O) groups is 1. The summed E-state index contributed by atoms with van der Waals surface area (Å²) in [7, 11) is 1.63. The zero-order valence-corrected chi connectivity index (χ0v) is 18.7. The fraction of sp³-hybridized carbons (Fsp3) is 0.227. The number of esters is 1. The van der Waals surface area contributed by atoms with Crippen molar-refractivity contribution in [1.82, 2.24) is 4.98 Å². The molecule has 7 nitrogen and oxygen atoms in total. The van der Waals surface area contributed by atoms with Crippen molar-refractivity contribution in [2.24, 2.45) is 5.10 Å². The average molecular weight is 460 g/mol. The highest BCUT2D eigenvalue weighted by Gasteiger charge is 2.08. The Hall–Kier alpha value is -3.10. The van der Waals surface area contributed by atoms with E-state index >= 15 is 0 Å². The van der Waals surface area contributed by atoms with Gasteiger partial charge in [0.2, 0.25) is 5.13 Å². The summed E-state index contributed by atoms with van der Waals surface area (Å²) in [6.07, 6.45) is 1.74. The number of ether oxygens (including phenoxy) is 3. The number of hydrogen-bond donors (Lipinski definition) is 1. The molecule has 0 fully saturated rings. The largest absolute Gasteiger partial charge is 0.497 e. The first-order valence-corrected chi connectivity index (χ1v) is 10.8. The number of nitrogens with one attached hydrogen (secondary N) is 1. The summed E-state index contributed by atoms with van der Waals surface area (Å²) < 4.78 is 16.1. The Kier molecular flexibility index (Phi) is 8.26. The first-order chi connectivity index (χ1) is 15.1. The number of benzene rings is 2. The standard InChI is InChI=1S/C22H22ClN3O4S/c1-3-29-21(27)11-18-14-31-22(25-18)26-24-12-16-10-17(23)7-8-20(16)30-13-15-5-4-6-19(9-15)28-2/h4-10,12,14H,3,11,13H2,1-2H3,(H,25,26). The number of thiazole rings is 1. The summed E-state index contributed by atoms with van der Waals surface area (Å²) in [5.74, 6) is 1.11. The highest BCUT2D eigenvalue weighted by molar-refractivity contribution is 7.13. The molecule has 0 aliphatic heterocycles. The van der Waals surface area contributed by atoms with E-state index in [1.165, 1.54) is 11.3 Å². The molecule has 0 spiro atoms. The normalized spacial score (nSPS) is 10.8. The Labute approximate surface area is 189 Å². The highest BCUT2D eigenvalue weighted by Crippen LogP contribution is 2.24. The molecule has 1 aromatic heterocycles. The summed E-state index contributed by atoms with van der Waals surface area (Å²) in [5, 5.41) is 7.15. The molecule has 3 aromatic rings. The zero-order valence-electron chi connectivity index (χ0n) is 17.1. The second-order valence-electron chi connectivity index (χ2n) is 6.32. The molecule has 1 N–H and O–H groups in total. The van der Waals surface area contributed by atoms with Crippen LogP contribution in [0.3, 0.4) is 0 Å². The minimum atomic E-state index is -0.306. The van der Waals surface area contributed by atoms with Gasteiger partial charge in [0.1, 0.15) is 18.1 Å². The third kappa shape index (κ3) is 6.97. The van der Waals surface area contributed by atoms with Crippen molar-refractivity contribution >= 4 is 40.3 Å². The minimum absolute atomic E-state index is 0.131. The minimum Gasteiger partial charge on any atom is -0.497 e. The lowest BCUT2D eigenvalue weighted by atomic mass is 10.2. The molecular formula is C22H22ClN3O4S. The Morgan fingerprint density at radius 1 is 1.29 bits per heavy atom. The van der Waals surface area contributed by atoms with Crippen molar-refractivity contribution in [3.8, 4) is 11.5 Å². The Morgan fingerprint density at radius 2 is 2.16 bits per heavy atom. The van der Waals surface area contributed by atoms with Crippen LogP contribution in [0.25, 0.3) is 0 Å². The number of anilines is 1. The van der Waals surface area contributed by atoms with E-state index in [0.717, 1.165) is 11.3 Å². The number of carbonyl (C=O) groups excluding carboxylic acids is 1. The SMILES string of the molecule is CCOC(=O)Cc1csc(NN=Cc2cc(Cl)ccc2OCc2cccc(OC)c2)n1.